The van der Waals surface area contributed by atoms with Gasteiger partial charge in [0.25, 0.3) is 0 Å². The third-order valence-corrected chi connectivity index (χ3v) is 3.13. The molecule has 1 saturated carbocycles. The lowest BCUT2D eigenvalue weighted by atomic mass is 10.1. The zero-order chi connectivity index (χ0) is 14.9. The molecule has 0 saturated heterocycles. The molecule has 0 spiro atoms. The van der Waals surface area contributed by atoms with E-state index in [2.05, 4.69) is 5.32 Å². The van der Waals surface area contributed by atoms with Crippen LogP contribution in [0.5, 0.6) is 0 Å². The summed E-state index contributed by atoms with van der Waals surface area (Å²) in [5, 5.41) is 2.46. The van der Waals surface area contributed by atoms with Crippen LogP contribution >= 0.6 is 0 Å². The van der Waals surface area contributed by atoms with Gasteiger partial charge in [-0.1, -0.05) is 12.1 Å². The average molecular weight is 290 g/mol. The summed E-state index contributed by atoms with van der Waals surface area (Å²) in [6.07, 6.45) is -6.16. The van der Waals surface area contributed by atoms with Gasteiger partial charge in [-0.3, -0.25) is 0 Å². The molecule has 0 aliphatic heterocycles. The Labute approximate surface area is 113 Å². The van der Waals surface area contributed by atoms with Crippen LogP contribution in [0.4, 0.5) is 28.0 Å². The van der Waals surface area contributed by atoms with E-state index >= 15 is 0 Å². The molecule has 0 aromatic heterocycles. The second-order valence-electron chi connectivity index (χ2n) is 4.80. The van der Waals surface area contributed by atoms with E-state index in [0.717, 1.165) is 25.0 Å². The second kappa shape index (κ2) is 5.30. The van der Waals surface area contributed by atoms with Gasteiger partial charge in [0.05, 0.1) is 0 Å². The van der Waals surface area contributed by atoms with Crippen LogP contribution in [0.15, 0.2) is 24.3 Å². The third-order valence-electron chi connectivity index (χ3n) is 3.13. The molecule has 0 bridgehead atoms. The maximum absolute atomic E-state index is 13.2. The van der Waals surface area contributed by atoms with Crippen LogP contribution < -0.4 is 5.32 Å². The molecule has 1 aliphatic rings. The van der Waals surface area contributed by atoms with Gasteiger partial charge in [-0.25, -0.2) is 9.18 Å². The van der Waals surface area contributed by atoms with Crippen molar-refractivity contribution >= 4 is 11.7 Å². The number of nitrogens with one attached hydrogen (secondary N) is 1. The molecule has 1 fully saturated rings. The van der Waals surface area contributed by atoms with Gasteiger partial charge in [0.2, 0.25) is 6.17 Å². The number of hydrogen-bond acceptors (Lipinski definition) is 1. The van der Waals surface area contributed by atoms with Crippen LogP contribution in [0.25, 0.3) is 0 Å². The first-order valence-corrected chi connectivity index (χ1v) is 6.13. The van der Waals surface area contributed by atoms with Crippen molar-refractivity contribution < 1.29 is 22.4 Å². The summed E-state index contributed by atoms with van der Waals surface area (Å²) in [6.45, 7) is 0. The Bertz CT molecular complexity index is 499. The van der Waals surface area contributed by atoms with Gasteiger partial charge < -0.3 is 10.2 Å². The minimum atomic E-state index is -4.95. The van der Waals surface area contributed by atoms with Crippen LogP contribution in [0.1, 0.15) is 24.6 Å². The molecule has 2 amide bonds. The Morgan fingerprint density at radius 3 is 2.60 bits per heavy atom. The molecular formula is C13H14F4N2O. The number of hydrogen-bond donors (Lipinski definition) is 1. The molecule has 1 atom stereocenters. The first-order chi connectivity index (χ1) is 9.29. The number of urea groups is 1. The fourth-order valence-electron chi connectivity index (χ4n) is 1.80. The van der Waals surface area contributed by atoms with E-state index in [9.17, 15) is 22.4 Å². The number of rotatable bonds is 3. The van der Waals surface area contributed by atoms with E-state index in [-0.39, 0.29) is 11.7 Å². The van der Waals surface area contributed by atoms with E-state index in [0.29, 0.717) is 0 Å². The quantitative estimate of drug-likeness (QED) is 0.842. The van der Waals surface area contributed by atoms with Crippen molar-refractivity contribution in [3.05, 3.63) is 29.8 Å². The molecule has 7 heteroatoms. The highest BCUT2D eigenvalue weighted by molar-refractivity contribution is 5.89. The van der Waals surface area contributed by atoms with E-state index in [1.807, 2.05) is 0 Å². The molecule has 3 nitrogen and oxygen atoms in total. The van der Waals surface area contributed by atoms with Gasteiger partial charge in [-0.05, 0) is 30.5 Å². The van der Waals surface area contributed by atoms with E-state index in [4.69, 9.17) is 0 Å². The number of alkyl halides is 4. The maximum Gasteiger partial charge on any atom is 0.423 e. The fraction of sp³-hybridized carbons (Fsp3) is 0.462. The van der Waals surface area contributed by atoms with Crippen LogP contribution in [-0.4, -0.2) is 30.2 Å². The topological polar surface area (TPSA) is 32.3 Å². The van der Waals surface area contributed by atoms with E-state index in [1.165, 1.54) is 17.0 Å². The molecule has 2 rings (SSSR count). The molecule has 1 aromatic rings. The number of amides is 2. The Morgan fingerprint density at radius 2 is 2.05 bits per heavy atom. The Morgan fingerprint density at radius 1 is 1.40 bits per heavy atom. The van der Waals surface area contributed by atoms with Crippen LogP contribution in [0.3, 0.4) is 0 Å². The smallest absolute Gasteiger partial charge is 0.325 e. The SMILES string of the molecule is CN(C(=O)Nc1cccc(C(F)C(F)(F)F)c1)C1CC1. The van der Waals surface area contributed by atoms with Crippen molar-refractivity contribution in [1.82, 2.24) is 4.90 Å². The molecular weight excluding hydrogens is 276 g/mol. The normalized spacial score (nSPS) is 16.6. The number of halogens is 4. The first-order valence-electron chi connectivity index (χ1n) is 6.13. The van der Waals surface area contributed by atoms with Crippen molar-refractivity contribution in [2.75, 3.05) is 12.4 Å². The lowest BCUT2D eigenvalue weighted by molar-refractivity contribution is -0.182. The molecule has 20 heavy (non-hydrogen) atoms. The molecule has 0 heterocycles. The predicted octanol–water partition coefficient (Wildman–Crippen LogP) is 3.89. The highest BCUT2D eigenvalue weighted by atomic mass is 19.4. The van der Waals surface area contributed by atoms with Gasteiger partial charge in [-0.2, -0.15) is 13.2 Å². The minimum absolute atomic E-state index is 0.145. The lowest BCUT2D eigenvalue weighted by Crippen LogP contribution is -2.33. The summed E-state index contributed by atoms with van der Waals surface area (Å²) < 4.78 is 50.1. The standard InChI is InChI=1S/C13H14F4N2O/c1-19(10-5-6-10)12(20)18-9-4-2-3-8(7-9)11(14)13(15,16)17/h2-4,7,10-11H,5-6H2,1H3,(H,18,20). The van der Waals surface area contributed by atoms with Crippen LogP contribution in [0.2, 0.25) is 0 Å². The van der Waals surface area contributed by atoms with Crippen LogP contribution in [0, 0.1) is 0 Å². The van der Waals surface area contributed by atoms with Gasteiger partial charge in [-0.15, -0.1) is 0 Å². The Balaban J connectivity index is 2.07. The average Bonchev–Trinajstić information content (AvgIpc) is 3.20. The second-order valence-corrected chi connectivity index (χ2v) is 4.80. The fourth-order valence-corrected chi connectivity index (χ4v) is 1.80. The molecule has 0 radical (unpaired) electrons. The number of benzene rings is 1. The number of carbonyl (C=O) groups is 1. The zero-order valence-electron chi connectivity index (χ0n) is 10.7. The highest BCUT2D eigenvalue weighted by Gasteiger charge is 2.41. The number of nitrogens with zero attached hydrogens (tertiary/aromatic N) is 1. The largest absolute Gasteiger partial charge is 0.423 e. The van der Waals surface area contributed by atoms with Gasteiger partial charge in [0.15, 0.2) is 0 Å². The Kier molecular flexibility index (Phi) is 3.87. The van der Waals surface area contributed by atoms with Crippen molar-refractivity contribution in [3.8, 4) is 0 Å². The molecule has 1 unspecified atom stereocenters. The Hall–Kier alpha value is -1.79. The summed E-state index contributed by atoms with van der Waals surface area (Å²) in [4.78, 5) is 13.3. The third kappa shape index (κ3) is 3.40. The maximum atomic E-state index is 13.2. The first kappa shape index (κ1) is 14.6. The predicted molar refractivity (Wildman–Crippen MR) is 66.1 cm³/mol. The molecule has 1 N–H and O–H groups in total. The summed E-state index contributed by atoms with van der Waals surface area (Å²) >= 11 is 0. The summed E-state index contributed by atoms with van der Waals surface area (Å²) in [6, 6.07) is 4.51. The number of carbonyl (C=O) groups excluding carboxylic acids is 1. The molecule has 1 aliphatic carbocycles. The van der Waals surface area contributed by atoms with Gasteiger partial charge in [0.1, 0.15) is 0 Å². The lowest BCUT2D eigenvalue weighted by Gasteiger charge is -2.18. The zero-order valence-corrected chi connectivity index (χ0v) is 10.7. The van der Waals surface area contributed by atoms with Crippen molar-refractivity contribution in [2.24, 2.45) is 0 Å². The molecule has 1 aromatic carbocycles. The molecule has 110 valence electrons. The van der Waals surface area contributed by atoms with Gasteiger partial charge >= 0.3 is 12.2 Å². The minimum Gasteiger partial charge on any atom is -0.325 e. The summed E-state index contributed by atoms with van der Waals surface area (Å²) in [5.41, 5.74) is -0.378. The monoisotopic (exact) mass is 290 g/mol. The van der Waals surface area contributed by atoms with E-state index < -0.39 is 23.9 Å². The number of anilines is 1. The van der Waals surface area contributed by atoms with Crippen molar-refractivity contribution in [3.63, 3.8) is 0 Å². The van der Waals surface area contributed by atoms with E-state index in [1.54, 1.807) is 7.05 Å². The van der Waals surface area contributed by atoms with Crippen molar-refractivity contribution in [1.29, 1.82) is 0 Å². The van der Waals surface area contributed by atoms with Crippen LogP contribution in [-0.2, 0) is 0 Å². The summed E-state index contributed by atoms with van der Waals surface area (Å²) in [7, 11) is 1.62. The van der Waals surface area contributed by atoms with Gasteiger partial charge in [0, 0.05) is 18.8 Å². The highest BCUT2D eigenvalue weighted by Crippen LogP contribution is 2.36. The van der Waals surface area contributed by atoms with Crippen molar-refractivity contribution in [2.45, 2.75) is 31.2 Å². The summed E-state index contributed by atoms with van der Waals surface area (Å²) in [5.74, 6) is 0.